The van der Waals surface area contributed by atoms with Gasteiger partial charge in [-0.3, -0.25) is 4.79 Å². The van der Waals surface area contributed by atoms with Crippen LogP contribution in [-0.4, -0.2) is 98.7 Å². The summed E-state index contributed by atoms with van der Waals surface area (Å²) in [7, 11) is 0. The normalized spacial score (nSPS) is 24.1. The number of carbonyl (C=O) groups is 1. The fourth-order valence-electron chi connectivity index (χ4n) is 5.63. The predicted molar refractivity (Wildman–Crippen MR) is 176 cm³/mol. The lowest BCUT2D eigenvalue weighted by molar-refractivity contribution is -0.302. The minimum absolute atomic E-state index is 0.303. The van der Waals surface area contributed by atoms with Gasteiger partial charge in [0, 0.05) is 0 Å². The maximum absolute atomic E-state index is 12.9. The molecule has 266 valence electrons. The Balaban J connectivity index is 2.59. The number of hydrogen-bond acceptors (Lipinski definition) is 9. The molecule has 0 bridgehead atoms. The standard InChI is InChI=1S/C35H67NO9/c1-3-5-7-9-11-13-14-16-17-19-21-23-28(38)27(26-44-35-33(42)32(41)31(40)30(25-37)45-35)36-34(43)29(39)24-22-20-18-15-12-10-8-6-4-2/h21,23,27-33,35,37-42H,3-20,22,24-26H2,1-2H3,(H,36,43)/b23-21+. The van der Waals surface area contributed by atoms with Gasteiger partial charge in [-0.2, -0.15) is 0 Å². The molecule has 1 fully saturated rings. The van der Waals surface area contributed by atoms with Gasteiger partial charge in [-0.05, 0) is 19.3 Å². The van der Waals surface area contributed by atoms with Crippen molar-refractivity contribution in [3.05, 3.63) is 12.2 Å². The Morgan fingerprint density at radius 2 is 1.27 bits per heavy atom. The van der Waals surface area contributed by atoms with E-state index < -0.39 is 61.5 Å². The molecule has 0 saturated carbocycles. The monoisotopic (exact) mass is 645 g/mol. The molecule has 1 heterocycles. The minimum Gasteiger partial charge on any atom is -0.394 e. The van der Waals surface area contributed by atoms with Gasteiger partial charge < -0.3 is 45.4 Å². The molecular formula is C35H67NO9. The number of amides is 1. The lowest BCUT2D eigenvalue weighted by Gasteiger charge is -2.40. The van der Waals surface area contributed by atoms with Crippen molar-refractivity contribution in [3.63, 3.8) is 0 Å². The topological polar surface area (TPSA) is 169 Å². The fourth-order valence-corrected chi connectivity index (χ4v) is 5.63. The zero-order valence-corrected chi connectivity index (χ0v) is 28.2. The van der Waals surface area contributed by atoms with E-state index in [9.17, 15) is 35.4 Å². The molecule has 1 amide bonds. The molecule has 1 rings (SSSR count). The summed E-state index contributed by atoms with van der Waals surface area (Å²) in [5.41, 5.74) is 0. The Morgan fingerprint density at radius 1 is 0.756 bits per heavy atom. The van der Waals surface area contributed by atoms with Crippen molar-refractivity contribution < 1.29 is 44.9 Å². The molecule has 10 nitrogen and oxygen atoms in total. The maximum Gasteiger partial charge on any atom is 0.249 e. The molecule has 1 aliphatic heterocycles. The molecule has 8 atom stereocenters. The molecule has 0 aliphatic carbocycles. The number of unbranched alkanes of at least 4 members (excludes halogenated alkanes) is 17. The van der Waals surface area contributed by atoms with Crippen LogP contribution in [0.25, 0.3) is 0 Å². The van der Waals surface area contributed by atoms with Gasteiger partial charge >= 0.3 is 0 Å². The molecule has 0 aromatic rings. The molecule has 45 heavy (non-hydrogen) atoms. The maximum atomic E-state index is 12.9. The second kappa shape index (κ2) is 26.9. The Bertz CT molecular complexity index is 738. The van der Waals surface area contributed by atoms with E-state index in [1.807, 2.05) is 6.08 Å². The molecule has 10 heteroatoms. The number of ether oxygens (including phenoxy) is 2. The van der Waals surface area contributed by atoms with Crippen LogP contribution in [0.15, 0.2) is 12.2 Å². The van der Waals surface area contributed by atoms with E-state index >= 15 is 0 Å². The average molecular weight is 646 g/mol. The van der Waals surface area contributed by atoms with Gasteiger partial charge in [0.1, 0.15) is 30.5 Å². The number of aliphatic hydroxyl groups is 6. The molecule has 0 aromatic heterocycles. The minimum atomic E-state index is -1.60. The highest BCUT2D eigenvalue weighted by atomic mass is 16.7. The van der Waals surface area contributed by atoms with E-state index in [2.05, 4.69) is 19.2 Å². The zero-order valence-electron chi connectivity index (χ0n) is 28.2. The summed E-state index contributed by atoms with van der Waals surface area (Å²) in [4.78, 5) is 12.9. The van der Waals surface area contributed by atoms with Crippen LogP contribution in [0.5, 0.6) is 0 Å². The van der Waals surface area contributed by atoms with Gasteiger partial charge in [-0.15, -0.1) is 0 Å². The second-order valence-electron chi connectivity index (χ2n) is 12.8. The first-order valence-corrected chi connectivity index (χ1v) is 18.0. The molecular weight excluding hydrogens is 578 g/mol. The van der Waals surface area contributed by atoms with Crippen LogP contribution >= 0.6 is 0 Å². The number of nitrogens with one attached hydrogen (secondary N) is 1. The summed E-state index contributed by atoms with van der Waals surface area (Å²) in [6.45, 7) is 3.52. The zero-order chi connectivity index (χ0) is 33.3. The third kappa shape index (κ3) is 18.7. The smallest absolute Gasteiger partial charge is 0.249 e. The fraction of sp³-hybridized carbons (Fsp3) is 0.914. The Morgan fingerprint density at radius 3 is 1.80 bits per heavy atom. The van der Waals surface area contributed by atoms with Gasteiger partial charge in [-0.25, -0.2) is 0 Å². The van der Waals surface area contributed by atoms with Gasteiger partial charge in [0.2, 0.25) is 5.91 Å². The van der Waals surface area contributed by atoms with Crippen molar-refractivity contribution >= 4 is 5.91 Å². The van der Waals surface area contributed by atoms with Crippen LogP contribution in [0.4, 0.5) is 0 Å². The summed E-state index contributed by atoms with van der Waals surface area (Å²) in [5.74, 6) is -0.622. The van der Waals surface area contributed by atoms with Crippen molar-refractivity contribution in [1.82, 2.24) is 5.32 Å². The van der Waals surface area contributed by atoms with Crippen LogP contribution in [0.2, 0.25) is 0 Å². The van der Waals surface area contributed by atoms with Crippen LogP contribution in [0, 0.1) is 0 Å². The third-order valence-electron chi connectivity index (χ3n) is 8.72. The van der Waals surface area contributed by atoms with Crippen molar-refractivity contribution in [1.29, 1.82) is 0 Å². The molecule has 0 spiro atoms. The first-order chi connectivity index (χ1) is 21.8. The number of allylic oxidation sites excluding steroid dienone is 1. The summed E-state index contributed by atoms with van der Waals surface area (Å²) >= 11 is 0. The highest BCUT2D eigenvalue weighted by Crippen LogP contribution is 2.22. The number of carbonyl (C=O) groups excluding carboxylic acids is 1. The number of hydrogen-bond donors (Lipinski definition) is 7. The second-order valence-corrected chi connectivity index (χ2v) is 12.8. The van der Waals surface area contributed by atoms with Crippen LogP contribution in [0.3, 0.4) is 0 Å². The van der Waals surface area contributed by atoms with Gasteiger partial charge in [-0.1, -0.05) is 135 Å². The number of aliphatic hydroxyl groups excluding tert-OH is 6. The van der Waals surface area contributed by atoms with E-state index in [1.165, 1.54) is 77.0 Å². The third-order valence-corrected chi connectivity index (χ3v) is 8.72. The molecule has 0 radical (unpaired) electrons. The van der Waals surface area contributed by atoms with Crippen molar-refractivity contribution in [3.8, 4) is 0 Å². The van der Waals surface area contributed by atoms with E-state index in [4.69, 9.17) is 9.47 Å². The summed E-state index contributed by atoms with van der Waals surface area (Å²) in [5, 5.41) is 64.0. The van der Waals surface area contributed by atoms with Crippen molar-refractivity contribution in [2.45, 2.75) is 191 Å². The largest absolute Gasteiger partial charge is 0.394 e. The molecule has 1 saturated heterocycles. The van der Waals surface area contributed by atoms with Crippen LogP contribution in [-0.2, 0) is 14.3 Å². The Hall–Kier alpha value is -1.11. The molecule has 8 unspecified atom stereocenters. The molecule has 1 aliphatic rings. The number of rotatable bonds is 28. The lowest BCUT2D eigenvalue weighted by atomic mass is 9.99. The van der Waals surface area contributed by atoms with Crippen molar-refractivity contribution in [2.75, 3.05) is 13.2 Å². The van der Waals surface area contributed by atoms with E-state index in [-0.39, 0.29) is 6.61 Å². The highest BCUT2D eigenvalue weighted by Gasteiger charge is 2.44. The quantitative estimate of drug-likeness (QED) is 0.0481. The van der Waals surface area contributed by atoms with Gasteiger partial charge in [0.25, 0.3) is 0 Å². The average Bonchev–Trinajstić information content (AvgIpc) is 3.04. The van der Waals surface area contributed by atoms with Gasteiger partial charge in [0.05, 0.1) is 25.4 Å². The Labute approximate surface area is 272 Å². The SMILES string of the molecule is CCCCCCCCCCC/C=C/C(O)C(COC1OC(CO)C(O)C(O)C1O)NC(=O)C(O)CCCCCCCCCCC. The van der Waals surface area contributed by atoms with E-state index in [0.717, 1.165) is 44.9 Å². The summed E-state index contributed by atoms with van der Waals surface area (Å²) in [6.07, 6.45) is 16.0. The van der Waals surface area contributed by atoms with E-state index in [1.54, 1.807) is 6.08 Å². The van der Waals surface area contributed by atoms with E-state index in [0.29, 0.717) is 6.42 Å². The lowest BCUT2D eigenvalue weighted by Crippen LogP contribution is -2.60. The first-order valence-electron chi connectivity index (χ1n) is 18.0. The predicted octanol–water partition coefficient (Wildman–Crippen LogP) is 4.41. The summed E-state index contributed by atoms with van der Waals surface area (Å²) < 4.78 is 11.0. The van der Waals surface area contributed by atoms with Crippen LogP contribution < -0.4 is 5.32 Å². The highest BCUT2D eigenvalue weighted by molar-refractivity contribution is 5.80. The van der Waals surface area contributed by atoms with Crippen molar-refractivity contribution in [2.24, 2.45) is 0 Å². The molecule has 0 aromatic carbocycles. The van der Waals surface area contributed by atoms with Gasteiger partial charge in [0.15, 0.2) is 6.29 Å². The first kappa shape index (κ1) is 41.9. The van der Waals surface area contributed by atoms with Crippen LogP contribution in [0.1, 0.15) is 142 Å². The summed E-state index contributed by atoms with van der Waals surface area (Å²) in [6, 6.07) is -0.970. The Kier molecular flexibility index (Phi) is 25.1. The molecule has 7 N–H and O–H groups in total.